The predicted octanol–water partition coefficient (Wildman–Crippen LogP) is 2.59. The summed E-state index contributed by atoms with van der Waals surface area (Å²) >= 11 is 0. The van der Waals surface area contributed by atoms with E-state index >= 15 is 0 Å². The van der Waals surface area contributed by atoms with E-state index in [4.69, 9.17) is 19.2 Å². The van der Waals surface area contributed by atoms with E-state index in [0.717, 1.165) is 5.56 Å². The Morgan fingerprint density at radius 1 is 1.29 bits per heavy atom. The van der Waals surface area contributed by atoms with Gasteiger partial charge >= 0.3 is 0 Å². The lowest BCUT2D eigenvalue weighted by Crippen LogP contribution is -2.27. The first-order valence-corrected chi connectivity index (χ1v) is 7.49. The van der Waals surface area contributed by atoms with Crippen LogP contribution in [0, 0.1) is 18.3 Å². The minimum absolute atomic E-state index is 0.0433. The number of methoxy groups -OCH3 is 2. The number of hydrogen-bond donors (Lipinski definition) is 1. The zero-order chi connectivity index (χ0) is 17.7. The molecule has 1 aromatic carbocycles. The second-order valence-electron chi connectivity index (χ2n) is 5.50. The molecule has 0 bridgehead atoms. The summed E-state index contributed by atoms with van der Waals surface area (Å²) < 4.78 is 16.1. The van der Waals surface area contributed by atoms with Crippen molar-refractivity contribution in [2.24, 2.45) is 0 Å². The summed E-state index contributed by atoms with van der Waals surface area (Å²) in [6, 6.07) is 7.88. The number of nitrogens with zero attached hydrogens (tertiary/aromatic N) is 3. The van der Waals surface area contributed by atoms with Crippen LogP contribution in [-0.2, 0) is 0 Å². The molecule has 24 heavy (non-hydrogen) atoms. The first-order chi connectivity index (χ1) is 11.5. The summed E-state index contributed by atoms with van der Waals surface area (Å²) in [5.41, 5.74) is 1.32. The Hall–Kier alpha value is -2.72. The molecule has 2 rings (SSSR count). The molecule has 7 nitrogen and oxygen atoms in total. The van der Waals surface area contributed by atoms with Crippen LogP contribution in [0.5, 0.6) is 11.5 Å². The van der Waals surface area contributed by atoms with Crippen molar-refractivity contribution in [1.29, 1.82) is 5.26 Å². The fraction of sp³-hybridized carbons (Fsp3) is 0.412. The summed E-state index contributed by atoms with van der Waals surface area (Å²) in [4.78, 5) is 6.11. The first kappa shape index (κ1) is 17.6. The molecule has 0 saturated carbocycles. The Labute approximate surface area is 141 Å². The fourth-order valence-electron chi connectivity index (χ4n) is 2.47. The van der Waals surface area contributed by atoms with Gasteiger partial charge in [0.1, 0.15) is 6.07 Å². The van der Waals surface area contributed by atoms with Gasteiger partial charge < -0.3 is 24.1 Å². The summed E-state index contributed by atoms with van der Waals surface area (Å²) in [5, 5.41) is 12.3. The maximum absolute atomic E-state index is 9.10. The van der Waals surface area contributed by atoms with Gasteiger partial charge in [-0.3, -0.25) is 0 Å². The number of nitriles is 1. The number of aryl methyl sites for hydroxylation is 1. The Kier molecular flexibility index (Phi) is 5.66. The maximum atomic E-state index is 9.10. The summed E-state index contributed by atoms with van der Waals surface area (Å²) in [6.45, 7) is 2.26. The van der Waals surface area contributed by atoms with Crippen molar-refractivity contribution in [2.45, 2.75) is 13.0 Å². The van der Waals surface area contributed by atoms with E-state index in [9.17, 15) is 0 Å². The van der Waals surface area contributed by atoms with E-state index in [0.29, 0.717) is 29.8 Å². The largest absolute Gasteiger partial charge is 0.493 e. The summed E-state index contributed by atoms with van der Waals surface area (Å²) in [5.74, 6) is 2.21. The van der Waals surface area contributed by atoms with Crippen LogP contribution >= 0.6 is 0 Å². The number of likely N-dealkylation sites (N-methyl/N-ethyl adjacent to an activating group) is 1. The number of hydrogen-bond acceptors (Lipinski definition) is 7. The van der Waals surface area contributed by atoms with Crippen molar-refractivity contribution in [3.63, 3.8) is 0 Å². The number of aromatic nitrogens is 1. The van der Waals surface area contributed by atoms with Crippen LogP contribution in [-0.4, -0.2) is 44.7 Å². The second kappa shape index (κ2) is 7.70. The minimum Gasteiger partial charge on any atom is -0.493 e. The van der Waals surface area contributed by atoms with Crippen LogP contribution in [0.1, 0.15) is 23.2 Å². The molecule has 1 aromatic heterocycles. The van der Waals surface area contributed by atoms with Gasteiger partial charge in [-0.2, -0.15) is 5.26 Å². The van der Waals surface area contributed by atoms with Gasteiger partial charge in [0.25, 0.3) is 0 Å². The quantitative estimate of drug-likeness (QED) is 0.835. The zero-order valence-electron chi connectivity index (χ0n) is 14.6. The molecule has 0 unspecified atom stereocenters. The van der Waals surface area contributed by atoms with Crippen molar-refractivity contribution in [1.82, 2.24) is 9.88 Å². The molecule has 0 spiro atoms. The summed E-state index contributed by atoms with van der Waals surface area (Å²) in [6.07, 6.45) is 0. The third-order valence-electron chi connectivity index (χ3n) is 3.71. The SMILES string of the molecule is COc1ccc([C@H](CNc2oc(C)nc2C#N)N(C)C)cc1OC. The van der Waals surface area contributed by atoms with E-state index in [1.165, 1.54) is 0 Å². The fourth-order valence-corrected chi connectivity index (χ4v) is 2.47. The molecule has 0 radical (unpaired) electrons. The molecular formula is C17H22N4O3. The van der Waals surface area contributed by atoms with Crippen LogP contribution in [0.2, 0.25) is 0 Å². The van der Waals surface area contributed by atoms with E-state index in [2.05, 4.69) is 15.2 Å². The Bertz CT molecular complexity index is 734. The monoisotopic (exact) mass is 330 g/mol. The third-order valence-corrected chi connectivity index (χ3v) is 3.71. The van der Waals surface area contributed by atoms with Gasteiger partial charge in [0.2, 0.25) is 11.6 Å². The van der Waals surface area contributed by atoms with E-state index < -0.39 is 0 Å². The molecule has 0 saturated heterocycles. The highest BCUT2D eigenvalue weighted by Gasteiger charge is 2.18. The lowest BCUT2D eigenvalue weighted by atomic mass is 10.1. The predicted molar refractivity (Wildman–Crippen MR) is 90.4 cm³/mol. The van der Waals surface area contributed by atoms with Crippen LogP contribution in [0.15, 0.2) is 22.6 Å². The van der Waals surface area contributed by atoms with E-state index in [1.54, 1.807) is 21.1 Å². The number of oxazole rings is 1. The van der Waals surface area contributed by atoms with Crippen molar-refractivity contribution < 1.29 is 13.9 Å². The standard InChI is InChI=1S/C17H22N4O3/c1-11-20-13(9-18)17(24-11)19-10-14(21(2)3)12-6-7-15(22-4)16(8-12)23-5/h6-8,14,19H,10H2,1-5H3/t14-/m0/s1. The number of rotatable bonds is 7. The average Bonchev–Trinajstić information content (AvgIpc) is 2.94. The molecule has 0 aliphatic rings. The van der Waals surface area contributed by atoms with Crippen molar-refractivity contribution in [2.75, 3.05) is 40.2 Å². The van der Waals surface area contributed by atoms with E-state index in [-0.39, 0.29) is 11.7 Å². The molecule has 7 heteroatoms. The highest BCUT2D eigenvalue weighted by Crippen LogP contribution is 2.31. The van der Waals surface area contributed by atoms with Gasteiger partial charge in [-0.15, -0.1) is 0 Å². The second-order valence-corrected chi connectivity index (χ2v) is 5.50. The first-order valence-electron chi connectivity index (χ1n) is 7.49. The highest BCUT2D eigenvalue weighted by molar-refractivity contribution is 5.47. The lowest BCUT2D eigenvalue weighted by molar-refractivity contribution is 0.307. The minimum atomic E-state index is 0.0433. The van der Waals surface area contributed by atoms with Gasteiger partial charge in [0, 0.05) is 13.5 Å². The average molecular weight is 330 g/mol. The molecule has 1 heterocycles. The molecule has 1 atom stereocenters. The smallest absolute Gasteiger partial charge is 0.232 e. The number of benzene rings is 1. The Morgan fingerprint density at radius 3 is 2.58 bits per heavy atom. The summed E-state index contributed by atoms with van der Waals surface area (Å²) in [7, 11) is 7.19. The van der Waals surface area contributed by atoms with Crippen molar-refractivity contribution >= 4 is 5.88 Å². The molecule has 0 aliphatic carbocycles. The van der Waals surface area contributed by atoms with Crippen LogP contribution in [0.25, 0.3) is 0 Å². The third kappa shape index (κ3) is 3.78. The molecule has 1 N–H and O–H groups in total. The normalized spacial score (nSPS) is 11.9. The molecule has 128 valence electrons. The van der Waals surface area contributed by atoms with Gasteiger partial charge in [-0.1, -0.05) is 6.07 Å². The highest BCUT2D eigenvalue weighted by atomic mass is 16.5. The molecular weight excluding hydrogens is 308 g/mol. The zero-order valence-corrected chi connectivity index (χ0v) is 14.6. The lowest BCUT2D eigenvalue weighted by Gasteiger charge is -2.25. The Balaban J connectivity index is 2.22. The van der Waals surface area contributed by atoms with Gasteiger partial charge in [-0.25, -0.2) is 4.98 Å². The van der Waals surface area contributed by atoms with Crippen LogP contribution < -0.4 is 14.8 Å². The van der Waals surface area contributed by atoms with Crippen LogP contribution in [0.4, 0.5) is 5.88 Å². The Morgan fingerprint density at radius 2 is 2.00 bits per heavy atom. The van der Waals surface area contributed by atoms with Gasteiger partial charge in [0.05, 0.1) is 20.3 Å². The molecule has 0 fully saturated rings. The van der Waals surface area contributed by atoms with Crippen molar-refractivity contribution in [3.05, 3.63) is 35.3 Å². The number of nitrogens with one attached hydrogen (secondary N) is 1. The number of ether oxygens (including phenoxy) is 2. The van der Waals surface area contributed by atoms with E-state index in [1.807, 2.05) is 38.4 Å². The van der Waals surface area contributed by atoms with Crippen LogP contribution in [0.3, 0.4) is 0 Å². The molecule has 0 amide bonds. The molecule has 2 aromatic rings. The number of anilines is 1. The molecule has 0 aliphatic heterocycles. The van der Waals surface area contributed by atoms with Gasteiger partial charge in [0.15, 0.2) is 17.4 Å². The van der Waals surface area contributed by atoms with Crippen molar-refractivity contribution in [3.8, 4) is 17.6 Å². The maximum Gasteiger partial charge on any atom is 0.232 e. The topological polar surface area (TPSA) is 83.5 Å². The van der Waals surface area contributed by atoms with Gasteiger partial charge in [-0.05, 0) is 31.8 Å².